The van der Waals surface area contributed by atoms with Crippen molar-refractivity contribution in [3.63, 3.8) is 0 Å². The largest absolute Gasteiger partial charge is 0.345 e. The average Bonchev–Trinajstić information content (AvgIpc) is 3.06. The van der Waals surface area contributed by atoms with Gasteiger partial charge in [0.1, 0.15) is 0 Å². The van der Waals surface area contributed by atoms with Crippen molar-refractivity contribution in [2.75, 3.05) is 5.32 Å². The summed E-state index contributed by atoms with van der Waals surface area (Å²) >= 11 is 0. The molecule has 6 nitrogen and oxygen atoms in total. The molecule has 0 saturated heterocycles. The van der Waals surface area contributed by atoms with E-state index in [9.17, 15) is 9.59 Å². The Morgan fingerprint density at radius 3 is 2.54 bits per heavy atom. The van der Waals surface area contributed by atoms with Gasteiger partial charge >= 0.3 is 0 Å². The Morgan fingerprint density at radius 1 is 1.08 bits per heavy atom. The van der Waals surface area contributed by atoms with Gasteiger partial charge < -0.3 is 15.2 Å². The van der Waals surface area contributed by atoms with E-state index in [1.54, 1.807) is 36.1 Å². The van der Waals surface area contributed by atoms with Crippen molar-refractivity contribution in [2.45, 2.75) is 13.5 Å². The summed E-state index contributed by atoms with van der Waals surface area (Å²) in [5, 5.41) is 5.70. The lowest BCUT2D eigenvalue weighted by Gasteiger charge is -2.09. The maximum Gasteiger partial charge on any atom is 0.287 e. The molecule has 1 aromatic heterocycles. The van der Waals surface area contributed by atoms with Crippen LogP contribution in [0.15, 0.2) is 60.9 Å². The molecule has 2 aromatic carbocycles. The summed E-state index contributed by atoms with van der Waals surface area (Å²) in [4.78, 5) is 28.4. The van der Waals surface area contributed by atoms with Gasteiger partial charge in [-0.15, -0.1) is 0 Å². The van der Waals surface area contributed by atoms with Gasteiger partial charge in [-0.05, 0) is 36.8 Å². The van der Waals surface area contributed by atoms with Crippen LogP contribution in [-0.4, -0.2) is 21.4 Å². The lowest BCUT2D eigenvalue weighted by Crippen LogP contribution is -2.25. The molecule has 0 radical (unpaired) electrons. The number of rotatable bonds is 5. The van der Waals surface area contributed by atoms with Crippen molar-refractivity contribution in [1.82, 2.24) is 14.9 Å². The molecule has 132 valence electrons. The molecule has 1 heterocycles. The fourth-order valence-corrected chi connectivity index (χ4v) is 2.51. The highest BCUT2D eigenvalue weighted by molar-refractivity contribution is 6.04. The second-order valence-corrected chi connectivity index (χ2v) is 6.06. The van der Waals surface area contributed by atoms with Crippen LogP contribution >= 0.6 is 0 Å². The normalized spacial score (nSPS) is 10.4. The first-order chi connectivity index (χ1) is 12.5. The number of benzene rings is 2. The third-order valence-corrected chi connectivity index (χ3v) is 3.98. The van der Waals surface area contributed by atoms with Crippen LogP contribution in [0.5, 0.6) is 0 Å². The van der Waals surface area contributed by atoms with Crippen molar-refractivity contribution in [3.8, 4) is 0 Å². The first-order valence-corrected chi connectivity index (χ1v) is 8.25. The molecule has 0 aliphatic rings. The Morgan fingerprint density at radius 2 is 1.85 bits per heavy atom. The molecule has 0 aliphatic heterocycles. The van der Waals surface area contributed by atoms with Crippen molar-refractivity contribution in [2.24, 2.45) is 7.05 Å². The second kappa shape index (κ2) is 7.65. The van der Waals surface area contributed by atoms with Crippen LogP contribution in [0.1, 0.15) is 32.1 Å². The zero-order chi connectivity index (χ0) is 18.5. The van der Waals surface area contributed by atoms with Gasteiger partial charge in [-0.2, -0.15) is 0 Å². The smallest absolute Gasteiger partial charge is 0.287 e. The number of hydrogen-bond donors (Lipinski definition) is 2. The van der Waals surface area contributed by atoms with Gasteiger partial charge in [0.05, 0.1) is 0 Å². The number of anilines is 1. The molecule has 0 bridgehead atoms. The molecule has 0 spiro atoms. The third kappa shape index (κ3) is 4.16. The molecule has 6 heteroatoms. The fraction of sp³-hybridized carbons (Fsp3) is 0.150. The minimum atomic E-state index is -0.244. The van der Waals surface area contributed by atoms with E-state index in [4.69, 9.17) is 0 Å². The third-order valence-electron chi connectivity index (χ3n) is 3.98. The molecule has 3 rings (SSSR count). The minimum Gasteiger partial charge on any atom is -0.345 e. The maximum absolute atomic E-state index is 12.3. The summed E-state index contributed by atoms with van der Waals surface area (Å²) in [5.74, 6) is -0.0559. The first kappa shape index (κ1) is 17.4. The second-order valence-electron chi connectivity index (χ2n) is 6.06. The summed E-state index contributed by atoms with van der Waals surface area (Å²) in [5.41, 5.74) is 3.27. The van der Waals surface area contributed by atoms with E-state index in [0.29, 0.717) is 23.6 Å². The molecular formula is C20H20N4O2. The van der Waals surface area contributed by atoms with Crippen molar-refractivity contribution in [1.29, 1.82) is 0 Å². The maximum atomic E-state index is 12.3. The Hall–Kier alpha value is -3.41. The van der Waals surface area contributed by atoms with Gasteiger partial charge in [0.2, 0.25) is 0 Å². The highest BCUT2D eigenvalue weighted by Crippen LogP contribution is 2.13. The monoisotopic (exact) mass is 348 g/mol. The molecule has 0 saturated carbocycles. The Balaban J connectivity index is 1.63. The van der Waals surface area contributed by atoms with E-state index in [0.717, 1.165) is 11.1 Å². The summed E-state index contributed by atoms with van der Waals surface area (Å²) in [6.45, 7) is 2.32. The molecule has 0 aliphatic carbocycles. The van der Waals surface area contributed by atoms with E-state index in [-0.39, 0.29) is 11.8 Å². The van der Waals surface area contributed by atoms with E-state index < -0.39 is 0 Å². The average molecular weight is 348 g/mol. The van der Waals surface area contributed by atoms with Crippen LogP contribution < -0.4 is 10.6 Å². The van der Waals surface area contributed by atoms with E-state index in [1.807, 2.05) is 43.3 Å². The molecule has 3 aromatic rings. The van der Waals surface area contributed by atoms with Gasteiger partial charge in [0.15, 0.2) is 5.82 Å². The minimum absolute atomic E-state index is 0.167. The van der Waals surface area contributed by atoms with Crippen LogP contribution in [-0.2, 0) is 13.6 Å². The molecule has 0 unspecified atom stereocenters. The number of carbonyl (C=O) groups is 2. The van der Waals surface area contributed by atoms with Gasteiger partial charge in [-0.1, -0.05) is 29.8 Å². The number of nitrogens with zero attached hydrogens (tertiary/aromatic N) is 2. The fourth-order valence-electron chi connectivity index (χ4n) is 2.51. The highest BCUT2D eigenvalue weighted by Gasteiger charge is 2.10. The molecule has 2 N–H and O–H groups in total. The summed E-state index contributed by atoms with van der Waals surface area (Å²) in [6.07, 6.45) is 3.30. The number of aromatic nitrogens is 2. The topological polar surface area (TPSA) is 76.0 Å². The predicted octanol–water partition coefficient (Wildman–Crippen LogP) is 2.91. The predicted molar refractivity (Wildman–Crippen MR) is 100.0 cm³/mol. The van der Waals surface area contributed by atoms with Crippen LogP contribution in [0.2, 0.25) is 0 Å². The standard InChI is InChI=1S/C20H20N4O2/c1-14-6-8-16(9-7-14)19(25)23-17-5-3-4-15(12-17)13-22-20(26)18-21-10-11-24(18)2/h3-12H,13H2,1-2H3,(H,22,26)(H,23,25). The number of nitrogens with one attached hydrogen (secondary N) is 2. The van der Waals surface area contributed by atoms with E-state index >= 15 is 0 Å². The molecule has 0 fully saturated rings. The summed E-state index contributed by atoms with van der Waals surface area (Å²) in [6, 6.07) is 14.8. The van der Waals surface area contributed by atoms with Crippen LogP contribution in [0.3, 0.4) is 0 Å². The van der Waals surface area contributed by atoms with Gasteiger partial charge in [0, 0.05) is 37.2 Å². The Bertz CT molecular complexity index is 929. The van der Waals surface area contributed by atoms with Gasteiger partial charge in [-0.25, -0.2) is 4.98 Å². The summed E-state index contributed by atoms with van der Waals surface area (Å²) < 4.78 is 1.66. The summed E-state index contributed by atoms with van der Waals surface area (Å²) in [7, 11) is 1.77. The number of hydrogen-bond acceptors (Lipinski definition) is 3. The quantitative estimate of drug-likeness (QED) is 0.744. The zero-order valence-electron chi connectivity index (χ0n) is 14.7. The number of carbonyl (C=O) groups excluding carboxylic acids is 2. The van der Waals surface area contributed by atoms with Crippen molar-refractivity contribution < 1.29 is 9.59 Å². The zero-order valence-corrected chi connectivity index (χ0v) is 14.7. The number of aryl methyl sites for hydroxylation is 2. The lowest BCUT2D eigenvalue weighted by molar-refractivity contribution is 0.0936. The van der Waals surface area contributed by atoms with E-state index in [2.05, 4.69) is 15.6 Å². The van der Waals surface area contributed by atoms with Crippen LogP contribution in [0.4, 0.5) is 5.69 Å². The van der Waals surface area contributed by atoms with Crippen molar-refractivity contribution in [3.05, 3.63) is 83.4 Å². The number of imidazole rings is 1. The lowest BCUT2D eigenvalue weighted by atomic mass is 10.1. The molecule has 0 atom stereocenters. The van der Waals surface area contributed by atoms with Crippen LogP contribution in [0, 0.1) is 6.92 Å². The number of amides is 2. The Labute approximate surface area is 151 Å². The van der Waals surface area contributed by atoms with Crippen LogP contribution in [0.25, 0.3) is 0 Å². The molecule has 2 amide bonds. The SMILES string of the molecule is Cc1ccc(C(=O)Nc2cccc(CNC(=O)c3nccn3C)c2)cc1. The molecule has 26 heavy (non-hydrogen) atoms. The van der Waals surface area contributed by atoms with Gasteiger partial charge in [-0.3, -0.25) is 9.59 Å². The van der Waals surface area contributed by atoms with Crippen molar-refractivity contribution >= 4 is 17.5 Å². The van der Waals surface area contributed by atoms with Gasteiger partial charge in [0.25, 0.3) is 11.8 Å². The molecular weight excluding hydrogens is 328 g/mol. The van der Waals surface area contributed by atoms with E-state index in [1.165, 1.54) is 0 Å². The highest BCUT2D eigenvalue weighted by atomic mass is 16.2. The first-order valence-electron chi connectivity index (χ1n) is 8.25. The Kier molecular flexibility index (Phi) is 5.12.